The molecule has 0 bridgehead atoms. The molecule has 0 saturated heterocycles. The molecule has 144 valence electrons. The van der Waals surface area contributed by atoms with Crippen LogP contribution in [0.25, 0.3) is 0 Å². The van der Waals surface area contributed by atoms with Gasteiger partial charge in [-0.3, -0.25) is 4.79 Å². The van der Waals surface area contributed by atoms with E-state index < -0.39 is 10.0 Å². The van der Waals surface area contributed by atoms with Crippen LogP contribution in [0.2, 0.25) is 0 Å². The van der Waals surface area contributed by atoms with Crippen LogP contribution < -0.4 is 5.32 Å². The molecule has 0 aromatic heterocycles. The van der Waals surface area contributed by atoms with Crippen LogP contribution in [0.3, 0.4) is 0 Å². The first-order valence-electron chi connectivity index (χ1n) is 9.45. The summed E-state index contributed by atoms with van der Waals surface area (Å²) in [5.41, 5.74) is 1.43. The fraction of sp³-hybridized carbons (Fsp3) is 0.381. The van der Waals surface area contributed by atoms with E-state index in [-0.39, 0.29) is 16.8 Å². The second kappa shape index (κ2) is 8.67. The van der Waals surface area contributed by atoms with Crippen molar-refractivity contribution >= 4 is 15.9 Å². The number of carbonyl (C=O) groups excluding carboxylic acids is 1. The minimum absolute atomic E-state index is 0.137. The number of sulfonamides is 1. The molecule has 5 nitrogen and oxygen atoms in total. The summed E-state index contributed by atoms with van der Waals surface area (Å²) >= 11 is 0. The number of rotatable bonds is 7. The van der Waals surface area contributed by atoms with Gasteiger partial charge in [-0.25, -0.2) is 8.42 Å². The summed E-state index contributed by atoms with van der Waals surface area (Å²) in [6.45, 7) is 2.52. The van der Waals surface area contributed by atoms with Gasteiger partial charge < -0.3 is 5.32 Å². The van der Waals surface area contributed by atoms with Crippen molar-refractivity contribution < 1.29 is 13.2 Å². The molecule has 0 spiro atoms. The SMILES string of the molecule is CCN(Cc1ccccc1)S(=O)(=O)c1ccc(C(=O)NC2CCCC2)cc1. The van der Waals surface area contributed by atoms with Gasteiger partial charge in [-0.2, -0.15) is 4.31 Å². The molecular formula is C21H26N2O3S. The summed E-state index contributed by atoms with van der Waals surface area (Å²) in [6, 6.07) is 16.0. The normalized spacial score (nSPS) is 15.2. The van der Waals surface area contributed by atoms with Crippen molar-refractivity contribution in [2.24, 2.45) is 0 Å². The van der Waals surface area contributed by atoms with Crippen LogP contribution in [0.1, 0.15) is 48.5 Å². The Labute approximate surface area is 161 Å². The molecule has 2 aromatic carbocycles. The predicted octanol–water partition coefficient (Wildman–Crippen LogP) is 3.57. The topological polar surface area (TPSA) is 66.5 Å². The lowest BCUT2D eigenvalue weighted by Gasteiger charge is -2.21. The summed E-state index contributed by atoms with van der Waals surface area (Å²) in [4.78, 5) is 12.5. The van der Waals surface area contributed by atoms with Crippen LogP contribution in [0.4, 0.5) is 0 Å². The summed E-state index contributed by atoms with van der Waals surface area (Å²) in [6.07, 6.45) is 4.33. The molecule has 2 aromatic rings. The fourth-order valence-corrected chi connectivity index (χ4v) is 4.86. The van der Waals surface area contributed by atoms with Crippen LogP contribution in [-0.4, -0.2) is 31.2 Å². The second-order valence-corrected chi connectivity index (χ2v) is 8.83. The number of nitrogens with one attached hydrogen (secondary N) is 1. The van der Waals surface area contributed by atoms with E-state index in [2.05, 4.69) is 5.32 Å². The lowest BCUT2D eigenvalue weighted by atomic mass is 10.2. The fourth-order valence-electron chi connectivity index (χ4n) is 3.42. The molecule has 0 atom stereocenters. The monoisotopic (exact) mass is 386 g/mol. The Morgan fingerprint density at radius 2 is 1.67 bits per heavy atom. The highest BCUT2D eigenvalue weighted by molar-refractivity contribution is 7.89. The molecule has 3 rings (SSSR count). The summed E-state index contributed by atoms with van der Waals surface area (Å²) in [5, 5.41) is 3.02. The summed E-state index contributed by atoms with van der Waals surface area (Å²) in [7, 11) is -3.61. The van der Waals surface area contributed by atoms with Crippen LogP contribution in [0.15, 0.2) is 59.5 Å². The largest absolute Gasteiger partial charge is 0.349 e. The van der Waals surface area contributed by atoms with Gasteiger partial charge in [0.15, 0.2) is 0 Å². The average molecular weight is 387 g/mol. The van der Waals surface area contributed by atoms with E-state index in [0.717, 1.165) is 31.2 Å². The molecule has 1 saturated carbocycles. The van der Waals surface area contributed by atoms with Gasteiger partial charge in [0.25, 0.3) is 5.91 Å². The Morgan fingerprint density at radius 1 is 1.04 bits per heavy atom. The zero-order valence-electron chi connectivity index (χ0n) is 15.6. The van der Waals surface area contributed by atoms with Gasteiger partial charge in [0.05, 0.1) is 4.90 Å². The Bertz CT molecular complexity index is 858. The minimum atomic E-state index is -3.61. The van der Waals surface area contributed by atoms with Crippen molar-refractivity contribution in [2.75, 3.05) is 6.54 Å². The van der Waals surface area contributed by atoms with E-state index in [1.54, 1.807) is 12.1 Å². The van der Waals surface area contributed by atoms with Crippen LogP contribution in [0, 0.1) is 0 Å². The van der Waals surface area contributed by atoms with Crippen molar-refractivity contribution in [3.05, 3.63) is 65.7 Å². The van der Waals surface area contributed by atoms with Crippen LogP contribution >= 0.6 is 0 Å². The number of carbonyl (C=O) groups is 1. The van der Waals surface area contributed by atoms with Crippen molar-refractivity contribution in [3.8, 4) is 0 Å². The van der Waals surface area contributed by atoms with Crippen molar-refractivity contribution in [2.45, 2.75) is 50.1 Å². The molecule has 6 heteroatoms. The van der Waals surface area contributed by atoms with E-state index in [0.29, 0.717) is 18.7 Å². The maximum atomic E-state index is 13.0. The Morgan fingerprint density at radius 3 is 2.26 bits per heavy atom. The Hall–Kier alpha value is -2.18. The van der Waals surface area contributed by atoms with E-state index in [1.807, 2.05) is 37.3 Å². The number of nitrogens with zero attached hydrogens (tertiary/aromatic N) is 1. The minimum Gasteiger partial charge on any atom is -0.349 e. The lowest BCUT2D eigenvalue weighted by Crippen LogP contribution is -2.33. The highest BCUT2D eigenvalue weighted by Crippen LogP contribution is 2.20. The van der Waals surface area contributed by atoms with E-state index in [1.165, 1.54) is 16.4 Å². The molecule has 1 aliphatic rings. The molecule has 1 aliphatic carbocycles. The number of amides is 1. The van der Waals surface area contributed by atoms with Gasteiger partial charge in [0.2, 0.25) is 10.0 Å². The smallest absolute Gasteiger partial charge is 0.251 e. The molecule has 1 fully saturated rings. The van der Waals surface area contributed by atoms with Crippen LogP contribution in [0.5, 0.6) is 0 Å². The van der Waals surface area contributed by atoms with Gasteiger partial charge in [-0.15, -0.1) is 0 Å². The summed E-state index contributed by atoms with van der Waals surface area (Å²) in [5.74, 6) is -0.137. The first kappa shape index (κ1) is 19.6. The van der Waals surface area contributed by atoms with E-state index >= 15 is 0 Å². The molecule has 27 heavy (non-hydrogen) atoms. The number of hydrogen-bond donors (Lipinski definition) is 1. The number of hydrogen-bond acceptors (Lipinski definition) is 3. The molecule has 0 unspecified atom stereocenters. The second-order valence-electron chi connectivity index (χ2n) is 6.90. The standard InChI is InChI=1S/C21H26N2O3S/c1-2-23(16-17-8-4-3-5-9-17)27(25,26)20-14-12-18(13-15-20)21(24)22-19-10-6-7-11-19/h3-5,8-9,12-15,19H,2,6-7,10-11,16H2,1H3,(H,22,24). The van der Waals surface area contributed by atoms with Crippen LogP contribution in [-0.2, 0) is 16.6 Å². The Balaban J connectivity index is 1.72. The Kier molecular flexibility index (Phi) is 6.29. The first-order chi connectivity index (χ1) is 13.0. The maximum absolute atomic E-state index is 13.0. The molecule has 1 N–H and O–H groups in total. The quantitative estimate of drug-likeness (QED) is 0.791. The predicted molar refractivity (Wildman–Crippen MR) is 106 cm³/mol. The number of benzene rings is 2. The molecule has 1 amide bonds. The molecule has 0 aliphatic heterocycles. The molecule has 0 radical (unpaired) electrons. The maximum Gasteiger partial charge on any atom is 0.251 e. The van der Waals surface area contributed by atoms with Crippen molar-refractivity contribution in [1.29, 1.82) is 0 Å². The van der Waals surface area contributed by atoms with Crippen molar-refractivity contribution in [3.63, 3.8) is 0 Å². The highest BCUT2D eigenvalue weighted by Gasteiger charge is 2.24. The average Bonchev–Trinajstić information content (AvgIpc) is 3.20. The van der Waals surface area contributed by atoms with Crippen molar-refractivity contribution in [1.82, 2.24) is 9.62 Å². The third kappa shape index (κ3) is 4.76. The highest BCUT2D eigenvalue weighted by atomic mass is 32.2. The third-order valence-electron chi connectivity index (χ3n) is 5.00. The van der Waals surface area contributed by atoms with Gasteiger partial charge in [-0.05, 0) is 42.7 Å². The van der Waals surface area contributed by atoms with E-state index in [4.69, 9.17) is 0 Å². The summed E-state index contributed by atoms with van der Waals surface area (Å²) < 4.78 is 27.3. The third-order valence-corrected chi connectivity index (χ3v) is 6.93. The first-order valence-corrected chi connectivity index (χ1v) is 10.9. The van der Waals surface area contributed by atoms with Gasteiger partial charge in [0.1, 0.15) is 0 Å². The molecular weight excluding hydrogens is 360 g/mol. The zero-order chi connectivity index (χ0) is 19.3. The lowest BCUT2D eigenvalue weighted by molar-refractivity contribution is 0.0937. The molecule has 0 heterocycles. The zero-order valence-corrected chi connectivity index (χ0v) is 16.4. The van der Waals surface area contributed by atoms with Gasteiger partial charge in [-0.1, -0.05) is 50.1 Å². The van der Waals surface area contributed by atoms with Gasteiger partial charge in [0, 0.05) is 24.7 Å². The van der Waals surface area contributed by atoms with E-state index in [9.17, 15) is 13.2 Å². The van der Waals surface area contributed by atoms with Gasteiger partial charge >= 0.3 is 0 Å².